The van der Waals surface area contributed by atoms with E-state index < -0.39 is 10.7 Å². The maximum atomic E-state index is 13.9. The van der Waals surface area contributed by atoms with Gasteiger partial charge in [0.2, 0.25) is 5.16 Å². The third-order valence-electron chi connectivity index (χ3n) is 3.61. The molecule has 0 bridgehead atoms. The quantitative estimate of drug-likeness (QED) is 0.324. The molecule has 2 aromatic carbocycles. The van der Waals surface area contributed by atoms with Crippen molar-refractivity contribution in [2.24, 2.45) is 0 Å². The van der Waals surface area contributed by atoms with Crippen molar-refractivity contribution in [1.29, 1.82) is 0 Å². The molecule has 0 unspecified atom stereocenters. The normalized spacial score (nSPS) is 12.1. The van der Waals surface area contributed by atoms with Gasteiger partial charge in [-0.05, 0) is 24.6 Å². The molecule has 3 rings (SSSR count). The molecule has 0 aliphatic rings. The van der Waals surface area contributed by atoms with Crippen LogP contribution in [0.25, 0.3) is 11.4 Å². The Bertz CT molecular complexity index is 930. The van der Waals surface area contributed by atoms with E-state index in [9.17, 15) is 14.5 Å². The average Bonchev–Trinajstić information content (AvgIpc) is 2.96. The summed E-state index contributed by atoms with van der Waals surface area (Å²) in [6.07, 6.45) is 0. The highest BCUT2D eigenvalue weighted by molar-refractivity contribution is 7.99. The van der Waals surface area contributed by atoms with Crippen LogP contribution < -0.4 is 5.84 Å². The van der Waals surface area contributed by atoms with E-state index in [1.54, 1.807) is 30.3 Å². The van der Waals surface area contributed by atoms with Crippen molar-refractivity contribution >= 4 is 17.4 Å². The number of rotatable bonds is 5. The van der Waals surface area contributed by atoms with Gasteiger partial charge < -0.3 is 5.84 Å². The van der Waals surface area contributed by atoms with Gasteiger partial charge >= 0.3 is 0 Å². The Balaban J connectivity index is 1.86. The number of thioether (sulfide) groups is 1. The molecule has 0 amide bonds. The number of halogens is 1. The predicted molar refractivity (Wildman–Crippen MR) is 92.9 cm³/mol. The standard InChI is InChI=1S/C16H14FN5O2S/c1-10(11-5-4-6-12(9-11)22(23)24)25-16-20-19-15(21(16)18)13-7-2-3-8-14(13)17/h2-10H,18H2,1H3/t10-/m1/s1. The summed E-state index contributed by atoms with van der Waals surface area (Å²) in [4.78, 5) is 10.5. The molecular formula is C16H14FN5O2S. The van der Waals surface area contributed by atoms with Gasteiger partial charge in [0, 0.05) is 17.4 Å². The minimum absolute atomic E-state index is 0.0196. The zero-order valence-corrected chi connectivity index (χ0v) is 14.0. The van der Waals surface area contributed by atoms with E-state index in [0.29, 0.717) is 5.16 Å². The second-order valence-corrected chi connectivity index (χ2v) is 6.58. The summed E-state index contributed by atoms with van der Waals surface area (Å²) in [6, 6.07) is 12.5. The Morgan fingerprint density at radius 3 is 2.72 bits per heavy atom. The fourth-order valence-corrected chi connectivity index (χ4v) is 3.19. The van der Waals surface area contributed by atoms with E-state index >= 15 is 0 Å². The van der Waals surface area contributed by atoms with Gasteiger partial charge in [0.25, 0.3) is 5.69 Å². The van der Waals surface area contributed by atoms with Gasteiger partial charge in [-0.3, -0.25) is 10.1 Å². The molecule has 25 heavy (non-hydrogen) atoms. The van der Waals surface area contributed by atoms with E-state index in [-0.39, 0.29) is 22.3 Å². The van der Waals surface area contributed by atoms with Crippen molar-refractivity contribution in [2.45, 2.75) is 17.3 Å². The number of benzene rings is 2. The van der Waals surface area contributed by atoms with Crippen molar-refractivity contribution in [3.63, 3.8) is 0 Å². The summed E-state index contributed by atoms with van der Waals surface area (Å²) in [7, 11) is 0. The molecule has 0 saturated heterocycles. The molecule has 7 nitrogen and oxygen atoms in total. The topological polar surface area (TPSA) is 99.9 Å². The Morgan fingerprint density at radius 2 is 2.00 bits per heavy atom. The second-order valence-electron chi connectivity index (χ2n) is 5.27. The summed E-state index contributed by atoms with van der Waals surface area (Å²) in [5.74, 6) is 5.78. The zero-order valence-electron chi connectivity index (χ0n) is 13.2. The van der Waals surface area contributed by atoms with Crippen LogP contribution in [0.3, 0.4) is 0 Å². The first-order chi connectivity index (χ1) is 12.0. The van der Waals surface area contributed by atoms with Gasteiger partial charge in [-0.2, -0.15) is 0 Å². The van der Waals surface area contributed by atoms with Crippen molar-refractivity contribution in [3.8, 4) is 11.4 Å². The molecule has 0 aliphatic carbocycles. The number of nitrogen functional groups attached to an aromatic ring is 1. The third kappa shape index (κ3) is 3.45. The lowest BCUT2D eigenvalue weighted by Crippen LogP contribution is -2.12. The Kier molecular flexibility index (Phi) is 4.66. The molecule has 0 spiro atoms. The summed E-state index contributed by atoms with van der Waals surface area (Å²) in [5.41, 5.74) is 1.04. The van der Waals surface area contributed by atoms with Crippen LogP contribution in [0, 0.1) is 15.9 Å². The van der Waals surface area contributed by atoms with Gasteiger partial charge in [-0.25, -0.2) is 9.07 Å². The van der Waals surface area contributed by atoms with Crippen molar-refractivity contribution in [3.05, 3.63) is 70.0 Å². The maximum Gasteiger partial charge on any atom is 0.269 e. The summed E-state index contributed by atoms with van der Waals surface area (Å²) >= 11 is 1.28. The fourth-order valence-electron chi connectivity index (χ4n) is 2.30. The molecule has 1 atom stereocenters. The highest BCUT2D eigenvalue weighted by atomic mass is 32.2. The van der Waals surface area contributed by atoms with Gasteiger partial charge in [0.05, 0.1) is 10.5 Å². The Morgan fingerprint density at radius 1 is 1.24 bits per heavy atom. The highest BCUT2D eigenvalue weighted by Crippen LogP contribution is 2.35. The van der Waals surface area contributed by atoms with Gasteiger partial charge in [0.1, 0.15) is 5.82 Å². The van der Waals surface area contributed by atoms with Crippen LogP contribution in [0.2, 0.25) is 0 Å². The number of nitrogens with zero attached hydrogens (tertiary/aromatic N) is 4. The van der Waals surface area contributed by atoms with Crippen molar-refractivity contribution in [2.75, 3.05) is 5.84 Å². The number of hydrogen-bond acceptors (Lipinski definition) is 6. The van der Waals surface area contributed by atoms with Gasteiger partial charge in [0.15, 0.2) is 5.82 Å². The maximum absolute atomic E-state index is 13.9. The van der Waals surface area contributed by atoms with E-state index in [1.165, 1.54) is 34.6 Å². The van der Waals surface area contributed by atoms with Crippen LogP contribution >= 0.6 is 11.8 Å². The lowest BCUT2D eigenvalue weighted by molar-refractivity contribution is -0.384. The zero-order chi connectivity index (χ0) is 18.0. The largest absolute Gasteiger partial charge is 0.335 e. The van der Waals surface area contributed by atoms with Crippen LogP contribution in [0.15, 0.2) is 53.7 Å². The molecule has 3 aromatic rings. The Labute approximate surface area is 146 Å². The number of nitro benzene ring substituents is 1. The smallest absolute Gasteiger partial charge is 0.269 e. The SMILES string of the molecule is C[C@@H](Sc1nnc(-c2ccccc2F)n1N)c1cccc([N+](=O)[O-])c1. The molecule has 0 fully saturated rings. The monoisotopic (exact) mass is 359 g/mol. The lowest BCUT2D eigenvalue weighted by atomic mass is 10.1. The molecule has 1 aromatic heterocycles. The van der Waals surface area contributed by atoms with Gasteiger partial charge in [-0.1, -0.05) is 36.0 Å². The molecule has 128 valence electrons. The molecule has 9 heteroatoms. The first kappa shape index (κ1) is 16.9. The molecule has 0 aliphatic heterocycles. The van der Waals surface area contributed by atoms with E-state index in [0.717, 1.165) is 5.56 Å². The molecule has 2 N–H and O–H groups in total. The summed E-state index contributed by atoms with van der Waals surface area (Å²) in [5, 5.41) is 19.1. The number of nitrogens with two attached hydrogens (primary N) is 1. The van der Waals surface area contributed by atoms with E-state index in [4.69, 9.17) is 5.84 Å². The third-order valence-corrected chi connectivity index (χ3v) is 4.73. The van der Waals surface area contributed by atoms with Crippen LogP contribution in [0.1, 0.15) is 17.7 Å². The highest BCUT2D eigenvalue weighted by Gasteiger charge is 2.19. The van der Waals surface area contributed by atoms with Gasteiger partial charge in [-0.15, -0.1) is 10.2 Å². The molecular weight excluding hydrogens is 345 g/mol. The number of hydrogen-bond donors (Lipinski definition) is 1. The molecule has 0 saturated carbocycles. The number of nitro groups is 1. The van der Waals surface area contributed by atoms with E-state index in [1.807, 2.05) is 6.92 Å². The summed E-state index contributed by atoms with van der Waals surface area (Å²) < 4.78 is 15.1. The minimum atomic E-state index is -0.442. The van der Waals surface area contributed by atoms with Crippen molar-refractivity contribution in [1.82, 2.24) is 14.9 Å². The summed E-state index contributed by atoms with van der Waals surface area (Å²) in [6.45, 7) is 1.88. The first-order valence-electron chi connectivity index (χ1n) is 7.33. The molecule has 1 heterocycles. The Hall–Kier alpha value is -2.94. The predicted octanol–water partition coefficient (Wildman–Crippen LogP) is 3.56. The minimum Gasteiger partial charge on any atom is -0.335 e. The molecule has 0 radical (unpaired) electrons. The number of non-ortho nitro benzene ring substituents is 1. The van der Waals surface area contributed by atoms with Crippen LogP contribution in [0.4, 0.5) is 10.1 Å². The van der Waals surface area contributed by atoms with Crippen LogP contribution in [0.5, 0.6) is 0 Å². The second kappa shape index (κ2) is 6.89. The first-order valence-corrected chi connectivity index (χ1v) is 8.21. The van der Waals surface area contributed by atoms with Crippen LogP contribution in [-0.4, -0.2) is 19.8 Å². The van der Waals surface area contributed by atoms with Crippen LogP contribution in [-0.2, 0) is 0 Å². The van der Waals surface area contributed by atoms with E-state index in [2.05, 4.69) is 10.2 Å². The number of aromatic nitrogens is 3. The lowest BCUT2D eigenvalue weighted by Gasteiger charge is -2.11. The fraction of sp³-hybridized carbons (Fsp3) is 0.125. The van der Waals surface area contributed by atoms with Crippen molar-refractivity contribution < 1.29 is 9.31 Å². The average molecular weight is 359 g/mol.